The Morgan fingerprint density at radius 1 is 1.03 bits per heavy atom. The van der Waals surface area contributed by atoms with E-state index in [2.05, 4.69) is 56.6 Å². The normalized spacial score (nSPS) is 16.2. The van der Waals surface area contributed by atoms with E-state index in [0.29, 0.717) is 0 Å². The number of carbonyl (C=O) groups excluding carboxylic acids is 1. The fourth-order valence-electron chi connectivity index (χ4n) is 4.39. The van der Waals surface area contributed by atoms with Crippen LogP contribution in [0.4, 0.5) is 0 Å². The fourth-order valence-corrected chi connectivity index (χ4v) is 4.39. The van der Waals surface area contributed by atoms with Crippen LogP contribution < -0.4 is 5.32 Å². The third kappa shape index (κ3) is 4.57. The number of likely N-dealkylation sites (tertiary alicyclic amines) is 1. The zero-order chi connectivity index (χ0) is 20.8. The molecule has 0 unspecified atom stereocenters. The molecule has 1 aliphatic rings. The maximum atomic E-state index is 13.0. The van der Waals surface area contributed by atoms with Crippen molar-refractivity contribution in [2.24, 2.45) is 5.41 Å². The quantitative estimate of drug-likeness (QED) is 0.685. The van der Waals surface area contributed by atoms with Gasteiger partial charge >= 0.3 is 0 Å². The molecule has 2 aromatic heterocycles. The van der Waals surface area contributed by atoms with Gasteiger partial charge in [0.1, 0.15) is 0 Å². The second-order valence-corrected chi connectivity index (χ2v) is 8.08. The largest absolute Gasteiger partial charge is 0.359 e. The van der Waals surface area contributed by atoms with Crippen LogP contribution in [-0.4, -0.2) is 40.9 Å². The van der Waals surface area contributed by atoms with Crippen molar-refractivity contribution in [3.8, 4) is 11.1 Å². The Morgan fingerprint density at radius 3 is 2.57 bits per heavy atom. The van der Waals surface area contributed by atoms with Crippen molar-refractivity contribution in [3.63, 3.8) is 0 Å². The molecule has 1 fully saturated rings. The smallest absolute Gasteiger partial charge is 0.226 e. The predicted molar refractivity (Wildman–Crippen MR) is 119 cm³/mol. The Labute approximate surface area is 178 Å². The van der Waals surface area contributed by atoms with E-state index in [4.69, 9.17) is 0 Å². The third-order valence-corrected chi connectivity index (χ3v) is 6.10. The number of amides is 1. The van der Waals surface area contributed by atoms with Crippen LogP contribution in [0.2, 0.25) is 0 Å². The number of hydrogen-bond acceptors (Lipinski definition) is 4. The molecule has 3 aromatic rings. The van der Waals surface area contributed by atoms with Crippen LogP contribution >= 0.6 is 0 Å². The average molecular weight is 401 g/mol. The van der Waals surface area contributed by atoms with Gasteiger partial charge in [0, 0.05) is 32.2 Å². The highest BCUT2D eigenvalue weighted by Crippen LogP contribution is 2.36. The van der Waals surface area contributed by atoms with E-state index in [1.54, 1.807) is 13.2 Å². The lowest BCUT2D eigenvalue weighted by molar-refractivity contribution is -0.133. The monoisotopic (exact) mass is 400 g/mol. The van der Waals surface area contributed by atoms with Gasteiger partial charge in [-0.2, -0.15) is 0 Å². The van der Waals surface area contributed by atoms with E-state index in [1.807, 2.05) is 30.6 Å². The van der Waals surface area contributed by atoms with E-state index in [0.717, 1.165) is 55.7 Å². The Bertz CT molecular complexity index is 967. The summed E-state index contributed by atoms with van der Waals surface area (Å²) >= 11 is 0. The SMILES string of the molecule is CNC(=O)C1(Cc2cccc(-c3cccnc3)c2)CCN(Cc2ccccn2)CC1. The number of carbonyl (C=O) groups is 1. The van der Waals surface area contributed by atoms with Gasteiger partial charge in [0.2, 0.25) is 5.91 Å². The summed E-state index contributed by atoms with van der Waals surface area (Å²) in [5, 5.41) is 2.93. The number of benzene rings is 1. The summed E-state index contributed by atoms with van der Waals surface area (Å²) in [6.07, 6.45) is 7.94. The highest BCUT2D eigenvalue weighted by Gasteiger charge is 2.40. The number of aromatic nitrogens is 2. The molecule has 0 spiro atoms. The van der Waals surface area contributed by atoms with Gasteiger partial charge in [-0.3, -0.25) is 19.7 Å². The Morgan fingerprint density at radius 2 is 1.87 bits per heavy atom. The summed E-state index contributed by atoms with van der Waals surface area (Å²) in [7, 11) is 1.75. The van der Waals surface area contributed by atoms with Crippen molar-refractivity contribution in [2.75, 3.05) is 20.1 Å². The summed E-state index contributed by atoms with van der Waals surface area (Å²) in [6.45, 7) is 2.62. The molecule has 0 radical (unpaired) electrons. The number of pyridine rings is 2. The molecule has 0 atom stereocenters. The predicted octanol–water partition coefficient (Wildman–Crippen LogP) is 3.71. The molecule has 1 aliphatic heterocycles. The van der Waals surface area contributed by atoms with E-state index in [1.165, 1.54) is 5.56 Å². The van der Waals surface area contributed by atoms with Crippen LogP contribution in [-0.2, 0) is 17.8 Å². The molecule has 0 aliphatic carbocycles. The first-order valence-corrected chi connectivity index (χ1v) is 10.5. The second-order valence-electron chi connectivity index (χ2n) is 8.08. The molecule has 1 amide bonds. The molecule has 0 bridgehead atoms. The minimum Gasteiger partial charge on any atom is -0.359 e. The molecule has 1 saturated heterocycles. The summed E-state index contributed by atoms with van der Waals surface area (Å²) in [4.78, 5) is 24.0. The maximum absolute atomic E-state index is 13.0. The summed E-state index contributed by atoms with van der Waals surface area (Å²) < 4.78 is 0. The molecule has 3 heterocycles. The van der Waals surface area contributed by atoms with Crippen molar-refractivity contribution in [3.05, 3.63) is 84.4 Å². The molecule has 5 heteroatoms. The summed E-state index contributed by atoms with van der Waals surface area (Å²) in [5.41, 5.74) is 4.13. The van der Waals surface area contributed by atoms with Gasteiger partial charge in [-0.25, -0.2) is 0 Å². The standard InChI is InChI=1S/C25H28N4O/c1-26-24(30)25(10-14-29(15-11-25)19-23-9-2-3-13-28-23)17-20-6-4-7-21(16-20)22-8-5-12-27-18-22/h2-9,12-13,16,18H,10-11,14-15,17,19H2,1H3,(H,26,30). The van der Waals surface area contributed by atoms with Gasteiger partial charge in [-0.1, -0.05) is 36.4 Å². The molecule has 0 saturated carbocycles. The molecule has 154 valence electrons. The van der Waals surface area contributed by atoms with Crippen molar-refractivity contribution in [1.29, 1.82) is 0 Å². The summed E-state index contributed by atoms with van der Waals surface area (Å²) in [6, 6.07) is 18.5. The van der Waals surface area contributed by atoms with Gasteiger partial charge in [0.25, 0.3) is 0 Å². The zero-order valence-corrected chi connectivity index (χ0v) is 17.4. The second kappa shape index (κ2) is 9.18. The van der Waals surface area contributed by atoms with Crippen LogP contribution in [0.3, 0.4) is 0 Å². The zero-order valence-electron chi connectivity index (χ0n) is 17.4. The van der Waals surface area contributed by atoms with Crippen molar-refractivity contribution in [1.82, 2.24) is 20.2 Å². The molecule has 1 aromatic carbocycles. The number of nitrogens with zero attached hydrogens (tertiary/aromatic N) is 3. The Hall–Kier alpha value is -3.05. The Kier molecular flexibility index (Phi) is 6.19. The van der Waals surface area contributed by atoms with Gasteiger partial charge in [0.15, 0.2) is 0 Å². The molecular formula is C25H28N4O. The van der Waals surface area contributed by atoms with Crippen LogP contribution in [0.5, 0.6) is 0 Å². The lowest BCUT2D eigenvalue weighted by Crippen LogP contribution is -2.49. The average Bonchev–Trinajstić information content (AvgIpc) is 2.81. The number of nitrogens with one attached hydrogen (secondary N) is 1. The van der Waals surface area contributed by atoms with E-state index < -0.39 is 0 Å². The van der Waals surface area contributed by atoms with Gasteiger partial charge in [0.05, 0.1) is 11.1 Å². The number of hydrogen-bond donors (Lipinski definition) is 1. The first-order valence-electron chi connectivity index (χ1n) is 10.5. The minimum atomic E-state index is -0.372. The fraction of sp³-hybridized carbons (Fsp3) is 0.320. The third-order valence-electron chi connectivity index (χ3n) is 6.10. The first kappa shape index (κ1) is 20.2. The minimum absolute atomic E-state index is 0.145. The number of piperidine rings is 1. The molecule has 30 heavy (non-hydrogen) atoms. The molecule has 5 nitrogen and oxygen atoms in total. The van der Waals surface area contributed by atoms with Crippen LogP contribution in [0, 0.1) is 5.41 Å². The van der Waals surface area contributed by atoms with E-state index >= 15 is 0 Å². The highest BCUT2D eigenvalue weighted by molar-refractivity contribution is 5.83. The van der Waals surface area contributed by atoms with Gasteiger partial charge in [-0.15, -0.1) is 0 Å². The van der Waals surface area contributed by atoms with Crippen molar-refractivity contribution < 1.29 is 4.79 Å². The van der Waals surface area contributed by atoms with Crippen LogP contribution in [0.25, 0.3) is 11.1 Å². The number of rotatable bonds is 6. The Balaban J connectivity index is 1.49. The molecular weight excluding hydrogens is 372 g/mol. The lowest BCUT2D eigenvalue weighted by atomic mass is 9.72. The van der Waals surface area contributed by atoms with E-state index in [-0.39, 0.29) is 11.3 Å². The maximum Gasteiger partial charge on any atom is 0.226 e. The van der Waals surface area contributed by atoms with Gasteiger partial charge < -0.3 is 5.32 Å². The molecule has 4 rings (SSSR count). The highest BCUT2D eigenvalue weighted by atomic mass is 16.2. The van der Waals surface area contributed by atoms with Crippen molar-refractivity contribution in [2.45, 2.75) is 25.8 Å². The van der Waals surface area contributed by atoms with Crippen LogP contribution in [0.15, 0.2) is 73.2 Å². The molecule has 1 N–H and O–H groups in total. The van der Waals surface area contributed by atoms with Gasteiger partial charge in [-0.05, 0) is 67.2 Å². The topological polar surface area (TPSA) is 58.1 Å². The lowest BCUT2D eigenvalue weighted by Gasteiger charge is -2.40. The van der Waals surface area contributed by atoms with E-state index in [9.17, 15) is 4.79 Å². The summed E-state index contributed by atoms with van der Waals surface area (Å²) in [5.74, 6) is 0.145. The van der Waals surface area contributed by atoms with Crippen molar-refractivity contribution >= 4 is 5.91 Å². The first-order chi connectivity index (χ1) is 14.7. The van der Waals surface area contributed by atoms with Crippen LogP contribution in [0.1, 0.15) is 24.1 Å².